The molecule has 0 aromatic carbocycles. The van der Waals surface area contributed by atoms with Gasteiger partial charge in [0.1, 0.15) is 0 Å². The zero-order valence-electron chi connectivity index (χ0n) is 13.9. The van der Waals surface area contributed by atoms with Crippen LogP contribution in [0.3, 0.4) is 0 Å². The van der Waals surface area contributed by atoms with Gasteiger partial charge in [0.05, 0.1) is 0 Å². The van der Waals surface area contributed by atoms with Gasteiger partial charge in [-0.05, 0) is 18.8 Å². The number of hydrogen-bond donors (Lipinski definition) is 3. The molecule has 0 saturated carbocycles. The van der Waals surface area contributed by atoms with Gasteiger partial charge in [0.2, 0.25) is 5.91 Å². The number of nitrogens with zero attached hydrogens (tertiary/aromatic N) is 1. The number of unbranched alkanes of at least 4 members (excludes halogenated alkanes) is 5. The van der Waals surface area contributed by atoms with Crippen molar-refractivity contribution in [3.8, 4) is 0 Å². The Bertz CT molecular complexity index is 288. The van der Waals surface area contributed by atoms with Crippen molar-refractivity contribution in [2.75, 3.05) is 13.1 Å². The maximum atomic E-state index is 11.8. The molecule has 5 nitrogen and oxygen atoms in total. The molecule has 124 valence electrons. The third-order valence-corrected chi connectivity index (χ3v) is 3.54. The second kappa shape index (κ2) is 13.7. The van der Waals surface area contributed by atoms with Crippen molar-refractivity contribution in [2.45, 2.75) is 71.6 Å². The van der Waals surface area contributed by atoms with Gasteiger partial charge in [0.15, 0.2) is 5.96 Å². The average Bonchev–Trinajstić information content (AvgIpc) is 2.42. The minimum absolute atomic E-state index is 0.131. The lowest BCUT2D eigenvalue weighted by Crippen LogP contribution is -2.26. The molecule has 0 rings (SSSR count). The van der Waals surface area contributed by atoms with E-state index in [0.717, 1.165) is 19.3 Å². The van der Waals surface area contributed by atoms with E-state index >= 15 is 0 Å². The van der Waals surface area contributed by atoms with Crippen LogP contribution in [0.25, 0.3) is 0 Å². The third kappa shape index (κ3) is 15.0. The van der Waals surface area contributed by atoms with Gasteiger partial charge >= 0.3 is 0 Å². The molecular formula is C16H34N4O. The first-order valence-corrected chi connectivity index (χ1v) is 8.38. The molecule has 0 fully saturated rings. The molecule has 0 radical (unpaired) electrons. The Balaban J connectivity index is 3.45. The molecule has 1 amide bonds. The molecule has 0 aromatic heterocycles. The fourth-order valence-corrected chi connectivity index (χ4v) is 2.26. The zero-order chi connectivity index (χ0) is 15.9. The summed E-state index contributed by atoms with van der Waals surface area (Å²) in [5, 5.41) is 2.96. The number of carbonyl (C=O) groups excluding carboxylic acids is 1. The summed E-state index contributed by atoms with van der Waals surface area (Å²) in [4.78, 5) is 15.7. The van der Waals surface area contributed by atoms with Gasteiger partial charge in [-0.3, -0.25) is 9.79 Å². The zero-order valence-corrected chi connectivity index (χ0v) is 13.9. The summed E-state index contributed by atoms with van der Waals surface area (Å²) in [6.45, 7) is 5.73. The van der Waals surface area contributed by atoms with E-state index in [4.69, 9.17) is 11.5 Å². The van der Waals surface area contributed by atoms with Crippen LogP contribution in [0, 0.1) is 5.92 Å². The van der Waals surface area contributed by atoms with Crippen molar-refractivity contribution in [1.82, 2.24) is 5.32 Å². The number of guanidine groups is 1. The number of aliphatic imine (C=N–C) groups is 1. The number of nitrogens with one attached hydrogen (secondary N) is 1. The molecule has 0 bridgehead atoms. The van der Waals surface area contributed by atoms with Gasteiger partial charge in [-0.15, -0.1) is 0 Å². The average molecular weight is 298 g/mol. The second-order valence-corrected chi connectivity index (χ2v) is 5.88. The normalized spacial score (nSPS) is 11.9. The summed E-state index contributed by atoms with van der Waals surface area (Å²) in [7, 11) is 0. The van der Waals surface area contributed by atoms with Crippen LogP contribution in [0.5, 0.6) is 0 Å². The first kappa shape index (κ1) is 19.7. The van der Waals surface area contributed by atoms with Crippen molar-refractivity contribution in [3.63, 3.8) is 0 Å². The molecule has 0 aromatic rings. The van der Waals surface area contributed by atoms with E-state index in [9.17, 15) is 4.79 Å². The summed E-state index contributed by atoms with van der Waals surface area (Å²) in [6.07, 6.45) is 10.1. The Morgan fingerprint density at radius 3 is 2.48 bits per heavy atom. The molecule has 5 heteroatoms. The first-order valence-electron chi connectivity index (χ1n) is 8.38. The topological polar surface area (TPSA) is 93.5 Å². The van der Waals surface area contributed by atoms with Crippen molar-refractivity contribution in [1.29, 1.82) is 0 Å². The minimum Gasteiger partial charge on any atom is -0.370 e. The quantitative estimate of drug-likeness (QED) is 0.277. The Morgan fingerprint density at radius 1 is 1.10 bits per heavy atom. The Hall–Kier alpha value is -1.26. The van der Waals surface area contributed by atoms with E-state index in [1.54, 1.807) is 0 Å². The van der Waals surface area contributed by atoms with Crippen molar-refractivity contribution >= 4 is 11.9 Å². The highest BCUT2D eigenvalue weighted by molar-refractivity contribution is 5.76. The fraction of sp³-hybridized carbons (Fsp3) is 0.875. The molecule has 0 spiro atoms. The van der Waals surface area contributed by atoms with Gasteiger partial charge in [-0.25, -0.2) is 0 Å². The molecular weight excluding hydrogens is 264 g/mol. The second-order valence-electron chi connectivity index (χ2n) is 5.88. The SMILES string of the molecule is CCCCCCC[C@H](C)CC(=O)NCCCCN=C(N)N. The number of rotatable bonds is 13. The van der Waals surface area contributed by atoms with Gasteiger partial charge < -0.3 is 16.8 Å². The van der Waals surface area contributed by atoms with Gasteiger partial charge in [0, 0.05) is 19.5 Å². The van der Waals surface area contributed by atoms with Crippen LogP contribution in [-0.2, 0) is 4.79 Å². The highest BCUT2D eigenvalue weighted by Gasteiger charge is 2.08. The van der Waals surface area contributed by atoms with E-state index in [-0.39, 0.29) is 11.9 Å². The van der Waals surface area contributed by atoms with Gasteiger partial charge in [-0.2, -0.15) is 0 Å². The Labute approximate surface area is 129 Å². The molecule has 5 N–H and O–H groups in total. The van der Waals surface area contributed by atoms with E-state index in [1.807, 2.05) is 0 Å². The van der Waals surface area contributed by atoms with Gasteiger partial charge in [0.25, 0.3) is 0 Å². The summed E-state index contributed by atoms with van der Waals surface area (Å²) < 4.78 is 0. The van der Waals surface area contributed by atoms with E-state index < -0.39 is 0 Å². The van der Waals surface area contributed by atoms with Crippen LogP contribution < -0.4 is 16.8 Å². The first-order chi connectivity index (χ1) is 10.1. The lowest BCUT2D eigenvalue weighted by molar-refractivity contribution is -0.121. The summed E-state index contributed by atoms with van der Waals surface area (Å²) in [5.74, 6) is 0.776. The largest absolute Gasteiger partial charge is 0.370 e. The van der Waals surface area contributed by atoms with Crippen molar-refractivity contribution in [2.24, 2.45) is 22.4 Å². The van der Waals surface area contributed by atoms with Crippen LogP contribution in [0.2, 0.25) is 0 Å². The van der Waals surface area contributed by atoms with Crippen LogP contribution in [0.15, 0.2) is 4.99 Å². The maximum Gasteiger partial charge on any atom is 0.220 e. The number of nitrogens with two attached hydrogens (primary N) is 2. The molecule has 0 aliphatic heterocycles. The van der Waals surface area contributed by atoms with Crippen molar-refractivity contribution in [3.05, 3.63) is 0 Å². The lowest BCUT2D eigenvalue weighted by Gasteiger charge is -2.11. The number of amides is 1. The Kier molecular flexibility index (Phi) is 12.9. The summed E-state index contributed by atoms with van der Waals surface area (Å²) in [5.41, 5.74) is 10.5. The van der Waals surface area contributed by atoms with E-state index in [0.29, 0.717) is 25.4 Å². The lowest BCUT2D eigenvalue weighted by atomic mass is 9.99. The predicted octanol–water partition coefficient (Wildman–Crippen LogP) is 2.54. The van der Waals surface area contributed by atoms with Crippen LogP contribution >= 0.6 is 0 Å². The highest BCUT2D eigenvalue weighted by atomic mass is 16.1. The molecule has 21 heavy (non-hydrogen) atoms. The fourth-order valence-electron chi connectivity index (χ4n) is 2.26. The Morgan fingerprint density at radius 2 is 1.81 bits per heavy atom. The predicted molar refractivity (Wildman–Crippen MR) is 90.1 cm³/mol. The number of hydrogen-bond acceptors (Lipinski definition) is 2. The number of carbonyl (C=O) groups is 1. The van der Waals surface area contributed by atoms with Gasteiger partial charge in [-0.1, -0.05) is 52.4 Å². The molecule has 0 saturated heterocycles. The van der Waals surface area contributed by atoms with Crippen LogP contribution in [0.4, 0.5) is 0 Å². The van der Waals surface area contributed by atoms with Crippen LogP contribution in [-0.4, -0.2) is 25.0 Å². The molecule has 0 aliphatic carbocycles. The molecule has 0 aliphatic rings. The summed E-state index contributed by atoms with van der Waals surface area (Å²) in [6, 6.07) is 0. The van der Waals surface area contributed by atoms with E-state index in [1.165, 1.54) is 32.1 Å². The summed E-state index contributed by atoms with van der Waals surface area (Å²) >= 11 is 0. The highest BCUT2D eigenvalue weighted by Crippen LogP contribution is 2.14. The van der Waals surface area contributed by atoms with Crippen molar-refractivity contribution < 1.29 is 4.79 Å². The minimum atomic E-state index is 0.131. The molecule has 0 unspecified atom stereocenters. The molecule has 1 atom stereocenters. The smallest absolute Gasteiger partial charge is 0.220 e. The monoisotopic (exact) mass is 298 g/mol. The van der Waals surface area contributed by atoms with E-state index in [2.05, 4.69) is 24.2 Å². The van der Waals surface area contributed by atoms with Crippen LogP contribution in [0.1, 0.15) is 71.6 Å². The third-order valence-electron chi connectivity index (χ3n) is 3.54. The maximum absolute atomic E-state index is 11.8. The standard InChI is InChI=1S/C16H34N4O/c1-3-4-5-6-7-10-14(2)13-15(21)19-11-8-9-12-20-16(17)18/h14H,3-13H2,1-2H3,(H,19,21)(H4,17,18,20)/t14-/m0/s1. The molecule has 0 heterocycles.